The lowest BCUT2D eigenvalue weighted by atomic mass is 9.73. The highest BCUT2D eigenvalue weighted by atomic mass is 16.5. The number of hydrogen-bond donors (Lipinski definition) is 2. The monoisotopic (exact) mass is 406 g/mol. The number of hydrogen-bond acceptors (Lipinski definition) is 6. The van der Waals surface area contributed by atoms with Gasteiger partial charge in [0.25, 0.3) is 11.8 Å². The van der Waals surface area contributed by atoms with Gasteiger partial charge in [-0.15, -0.1) is 0 Å². The molecule has 0 aromatic heterocycles. The van der Waals surface area contributed by atoms with Crippen molar-refractivity contribution < 1.29 is 23.9 Å². The third-order valence-corrected chi connectivity index (χ3v) is 6.24. The molecular weight excluding hydrogens is 376 g/mol. The summed E-state index contributed by atoms with van der Waals surface area (Å²) in [6.07, 6.45) is 2.04. The zero-order valence-electron chi connectivity index (χ0n) is 17.7. The maximum atomic E-state index is 12.9. The maximum Gasteiger partial charge on any atom is 0.327 e. The number of nitrogens with one attached hydrogen (secondary N) is 2. The van der Waals surface area contributed by atoms with Crippen LogP contribution in [-0.2, 0) is 19.1 Å². The fraction of sp³-hybridized carbons (Fsp3) is 0.750. The molecule has 2 fully saturated rings. The minimum Gasteiger partial charge on any atom is -0.451 e. The molecule has 160 valence electrons. The highest BCUT2D eigenvalue weighted by Gasteiger charge is 2.55. The van der Waals surface area contributed by atoms with E-state index in [0.29, 0.717) is 6.42 Å². The Morgan fingerprint density at radius 3 is 2.59 bits per heavy atom. The van der Waals surface area contributed by atoms with Crippen LogP contribution in [0.25, 0.3) is 0 Å². The van der Waals surface area contributed by atoms with E-state index in [4.69, 9.17) is 4.74 Å². The summed E-state index contributed by atoms with van der Waals surface area (Å²) in [7, 11) is 0. The molecule has 4 amide bonds. The normalized spacial score (nSPS) is 27.2. The predicted molar refractivity (Wildman–Crippen MR) is 103 cm³/mol. The third kappa shape index (κ3) is 4.36. The molecule has 9 nitrogen and oxygen atoms in total. The molecule has 1 saturated heterocycles. The SMILES string of the molecule is CC(C)[C@](C)(C#N)NC(=O)[C@H](C)OC(=O)CN1C(=O)N[C@]2(CCCC[C@@H]2C)C1=O. The number of ether oxygens (including phenoxy) is 1. The number of imide groups is 1. The number of rotatable bonds is 6. The molecular formula is C20H30N4O5. The van der Waals surface area contributed by atoms with Crippen molar-refractivity contribution in [3.8, 4) is 6.07 Å². The van der Waals surface area contributed by atoms with E-state index in [1.165, 1.54) is 6.92 Å². The quantitative estimate of drug-likeness (QED) is 0.508. The molecule has 1 saturated carbocycles. The summed E-state index contributed by atoms with van der Waals surface area (Å²) >= 11 is 0. The Morgan fingerprint density at radius 1 is 1.38 bits per heavy atom. The summed E-state index contributed by atoms with van der Waals surface area (Å²) in [5, 5.41) is 14.6. The molecule has 4 atom stereocenters. The smallest absolute Gasteiger partial charge is 0.327 e. The van der Waals surface area contributed by atoms with Crippen LogP contribution in [0.1, 0.15) is 60.3 Å². The van der Waals surface area contributed by atoms with Gasteiger partial charge in [-0.2, -0.15) is 5.26 Å². The molecule has 0 radical (unpaired) electrons. The van der Waals surface area contributed by atoms with Crippen LogP contribution in [0.3, 0.4) is 0 Å². The lowest BCUT2D eigenvalue weighted by Gasteiger charge is -2.36. The van der Waals surface area contributed by atoms with Gasteiger partial charge in [-0.25, -0.2) is 4.79 Å². The summed E-state index contributed by atoms with van der Waals surface area (Å²) in [4.78, 5) is 50.7. The van der Waals surface area contributed by atoms with Crippen LogP contribution < -0.4 is 10.6 Å². The average Bonchev–Trinajstić information content (AvgIpc) is 2.88. The van der Waals surface area contributed by atoms with Crippen molar-refractivity contribution in [2.45, 2.75) is 77.5 Å². The van der Waals surface area contributed by atoms with Crippen molar-refractivity contribution in [2.75, 3.05) is 6.54 Å². The van der Waals surface area contributed by atoms with E-state index < -0.39 is 47.5 Å². The summed E-state index contributed by atoms with van der Waals surface area (Å²) in [5.74, 6) is -2.07. The second-order valence-corrected chi connectivity index (χ2v) is 8.53. The first-order valence-electron chi connectivity index (χ1n) is 10.0. The van der Waals surface area contributed by atoms with Crippen molar-refractivity contribution in [3.63, 3.8) is 0 Å². The Balaban J connectivity index is 1.98. The van der Waals surface area contributed by atoms with E-state index in [-0.39, 0.29) is 11.8 Å². The molecule has 9 heteroatoms. The van der Waals surface area contributed by atoms with Crippen molar-refractivity contribution in [1.29, 1.82) is 5.26 Å². The number of urea groups is 1. The Kier molecular flexibility index (Phi) is 6.56. The van der Waals surface area contributed by atoms with E-state index in [0.717, 1.165) is 24.2 Å². The number of nitrogens with zero attached hydrogens (tertiary/aromatic N) is 2. The fourth-order valence-electron chi connectivity index (χ4n) is 3.72. The Bertz CT molecular complexity index is 746. The first-order valence-corrected chi connectivity index (χ1v) is 10.0. The maximum absolute atomic E-state index is 12.9. The molecule has 1 aliphatic carbocycles. The highest BCUT2D eigenvalue weighted by Crippen LogP contribution is 2.38. The number of esters is 1. The number of carbonyl (C=O) groups excluding carboxylic acids is 4. The predicted octanol–water partition coefficient (Wildman–Crippen LogP) is 1.47. The largest absolute Gasteiger partial charge is 0.451 e. The molecule has 2 N–H and O–H groups in total. The standard InChI is InChI=1S/C20H30N4O5/c1-12(2)19(5,11-21)22-16(26)14(4)29-15(25)10-24-17(27)20(23-18(24)28)9-7-6-8-13(20)3/h12-14H,6-10H2,1-5H3,(H,22,26)(H,23,28)/t13-,14-,19-,20-/m0/s1. The topological polar surface area (TPSA) is 129 Å². The van der Waals surface area contributed by atoms with Crippen LogP contribution in [0.5, 0.6) is 0 Å². The van der Waals surface area contributed by atoms with E-state index in [9.17, 15) is 24.4 Å². The lowest BCUT2D eigenvalue weighted by Crippen LogP contribution is -2.54. The van der Waals surface area contributed by atoms with Crippen LogP contribution >= 0.6 is 0 Å². The van der Waals surface area contributed by atoms with Crippen LogP contribution in [0.2, 0.25) is 0 Å². The fourth-order valence-corrected chi connectivity index (χ4v) is 3.72. The second-order valence-electron chi connectivity index (χ2n) is 8.53. The molecule has 2 aliphatic rings. The van der Waals surface area contributed by atoms with Crippen LogP contribution in [-0.4, -0.2) is 52.4 Å². The minimum absolute atomic E-state index is 0.0156. The minimum atomic E-state index is -1.17. The van der Waals surface area contributed by atoms with E-state index in [1.54, 1.807) is 20.8 Å². The molecule has 2 rings (SSSR count). The van der Waals surface area contributed by atoms with Crippen molar-refractivity contribution in [3.05, 3.63) is 0 Å². The first kappa shape index (κ1) is 22.7. The molecule has 29 heavy (non-hydrogen) atoms. The van der Waals surface area contributed by atoms with Gasteiger partial charge >= 0.3 is 12.0 Å². The third-order valence-electron chi connectivity index (χ3n) is 6.24. The summed E-state index contributed by atoms with van der Waals surface area (Å²) in [5.41, 5.74) is -2.06. The Hall–Kier alpha value is -2.63. The van der Waals surface area contributed by atoms with Gasteiger partial charge in [0.2, 0.25) is 0 Å². The van der Waals surface area contributed by atoms with Gasteiger partial charge in [-0.3, -0.25) is 19.3 Å². The molecule has 0 aromatic carbocycles. The van der Waals surface area contributed by atoms with Gasteiger partial charge in [-0.1, -0.05) is 33.6 Å². The first-order chi connectivity index (χ1) is 13.5. The molecule has 1 spiro atoms. The number of carbonyl (C=O) groups is 4. The van der Waals surface area contributed by atoms with Gasteiger partial charge in [0.05, 0.1) is 6.07 Å². The van der Waals surface area contributed by atoms with Crippen molar-refractivity contribution >= 4 is 23.8 Å². The summed E-state index contributed by atoms with van der Waals surface area (Å²) in [6, 6.07) is 1.43. The van der Waals surface area contributed by atoms with Gasteiger partial charge in [0.15, 0.2) is 6.10 Å². The van der Waals surface area contributed by atoms with E-state index in [1.807, 2.05) is 13.0 Å². The van der Waals surface area contributed by atoms with Crippen LogP contribution in [0, 0.1) is 23.2 Å². The second kappa shape index (κ2) is 8.39. The molecule has 0 aromatic rings. The van der Waals surface area contributed by atoms with Gasteiger partial charge < -0.3 is 15.4 Å². The van der Waals surface area contributed by atoms with Crippen LogP contribution in [0.15, 0.2) is 0 Å². The van der Waals surface area contributed by atoms with Gasteiger partial charge in [0, 0.05) is 0 Å². The van der Waals surface area contributed by atoms with Crippen molar-refractivity contribution in [1.82, 2.24) is 15.5 Å². The van der Waals surface area contributed by atoms with Crippen molar-refractivity contribution in [2.24, 2.45) is 11.8 Å². The molecule has 1 heterocycles. The highest BCUT2D eigenvalue weighted by molar-refractivity contribution is 6.09. The van der Waals surface area contributed by atoms with Crippen LogP contribution in [0.4, 0.5) is 4.79 Å². The number of amides is 4. The summed E-state index contributed by atoms with van der Waals surface area (Å²) < 4.78 is 5.11. The van der Waals surface area contributed by atoms with E-state index >= 15 is 0 Å². The molecule has 0 bridgehead atoms. The zero-order valence-corrected chi connectivity index (χ0v) is 17.7. The average molecular weight is 406 g/mol. The van der Waals surface area contributed by atoms with Gasteiger partial charge in [-0.05, 0) is 38.5 Å². The summed E-state index contributed by atoms with van der Waals surface area (Å²) in [6.45, 7) is 7.91. The van der Waals surface area contributed by atoms with E-state index in [2.05, 4.69) is 10.6 Å². The Morgan fingerprint density at radius 2 is 2.03 bits per heavy atom. The molecule has 1 aliphatic heterocycles. The van der Waals surface area contributed by atoms with Gasteiger partial charge in [0.1, 0.15) is 17.6 Å². The lowest BCUT2D eigenvalue weighted by molar-refractivity contribution is -0.157. The zero-order chi connectivity index (χ0) is 22.0. The molecule has 0 unspecified atom stereocenters. The Labute approximate surface area is 171 Å². The number of nitriles is 1.